The zero-order chi connectivity index (χ0) is 30.0. The van der Waals surface area contributed by atoms with E-state index in [0.29, 0.717) is 28.9 Å². The lowest BCUT2D eigenvalue weighted by Gasteiger charge is -2.40. The number of thioether (sulfide) groups is 1. The van der Waals surface area contributed by atoms with Crippen LogP contribution in [0, 0.1) is 17.8 Å². The third-order valence-electron chi connectivity index (χ3n) is 11.3. The topological polar surface area (TPSA) is 29.0 Å². The number of fused-ring (bicyclic) bond motifs is 6. The van der Waals surface area contributed by atoms with Gasteiger partial charge in [-0.15, -0.1) is 11.8 Å². The number of nitrogens with one attached hydrogen (secondary N) is 2. The fourth-order valence-electron chi connectivity index (χ4n) is 8.85. The summed E-state index contributed by atoms with van der Waals surface area (Å²) in [6, 6.07) is 14.3. The molecule has 6 aliphatic rings. The van der Waals surface area contributed by atoms with Crippen LogP contribution >= 0.6 is 11.8 Å². The minimum absolute atomic E-state index is 0.318. The number of rotatable bonds is 4. The maximum Gasteiger partial charge on any atom is 0.147 e. The van der Waals surface area contributed by atoms with Gasteiger partial charge in [0.05, 0.1) is 5.52 Å². The van der Waals surface area contributed by atoms with Gasteiger partial charge in [0.25, 0.3) is 0 Å². The molecule has 2 aromatic carbocycles. The second kappa shape index (κ2) is 11.2. The summed E-state index contributed by atoms with van der Waals surface area (Å²) in [5.74, 6) is 1.80. The van der Waals surface area contributed by atoms with Gasteiger partial charge in [-0.3, -0.25) is 10.6 Å². The molecule has 3 aromatic rings. The van der Waals surface area contributed by atoms with E-state index in [1.54, 1.807) is 0 Å². The fraction of sp³-hybridized carbons (Fsp3) is 0.366. The summed E-state index contributed by atoms with van der Waals surface area (Å²) in [5, 5.41) is 9.83. The molecular weight excluding hydrogens is 567 g/mol. The van der Waals surface area contributed by atoms with Crippen LogP contribution in [0.5, 0.6) is 0 Å². The Labute approximate surface area is 271 Å². The van der Waals surface area contributed by atoms with Crippen molar-refractivity contribution < 1.29 is 0 Å². The maximum atomic E-state index is 3.89. The number of hydrogen-bond acceptors (Lipinski definition) is 3. The second-order valence-electron chi connectivity index (χ2n) is 14.0. The van der Waals surface area contributed by atoms with E-state index in [4.69, 9.17) is 0 Å². The predicted octanol–water partition coefficient (Wildman–Crippen LogP) is 9.25. The zero-order valence-electron chi connectivity index (χ0n) is 26.2. The summed E-state index contributed by atoms with van der Waals surface area (Å²) >= 11 is 2.12. The van der Waals surface area contributed by atoms with Gasteiger partial charge in [-0.05, 0) is 98.7 Å². The molecule has 1 saturated heterocycles. The highest BCUT2D eigenvalue weighted by Crippen LogP contribution is 2.53. The van der Waals surface area contributed by atoms with Gasteiger partial charge in [-0.2, -0.15) is 0 Å². The molecule has 1 aromatic heterocycles. The summed E-state index contributed by atoms with van der Waals surface area (Å²) in [5.41, 5.74) is 9.95. The van der Waals surface area contributed by atoms with Crippen LogP contribution in [0.25, 0.3) is 28.1 Å². The van der Waals surface area contributed by atoms with Gasteiger partial charge in [0.15, 0.2) is 0 Å². The van der Waals surface area contributed by atoms with Gasteiger partial charge < -0.3 is 4.57 Å². The molecule has 0 saturated carbocycles. The van der Waals surface area contributed by atoms with Crippen molar-refractivity contribution in [2.45, 2.75) is 67.3 Å². The smallest absolute Gasteiger partial charge is 0.147 e. The van der Waals surface area contributed by atoms with Gasteiger partial charge in [0.2, 0.25) is 0 Å². The summed E-state index contributed by atoms with van der Waals surface area (Å²) in [6.45, 7) is 4.40. The van der Waals surface area contributed by atoms with Crippen molar-refractivity contribution in [3.63, 3.8) is 0 Å². The average molecular weight is 610 g/mol. The lowest BCUT2D eigenvalue weighted by molar-refractivity contribution is 0.153. The third-order valence-corrected chi connectivity index (χ3v) is 12.8. The van der Waals surface area contributed by atoms with Crippen molar-refractivity contribution in [2.75, 3.05) is 13.1 Å². The summed E-state index contributed by atoms with van der Waals surface area (Å²) in [7, 11) is 0. The van der Waals surface area contributed by atoms with Gasteiger partial charge in [-0.1, -0.05) is 97.2 Å². The van der Waals surface area contributed by atoms with Crippen LogP contribution in [0.4, 0.5) is 0 Å². The fourth-order valence-corrected chi connectivity index (χ4v) is 10.4. The van der Waals surface area contributed by atoms with Crippen molar-refractivity contribution >= 4 is 28.7 Å². The van der Waals surface area contributed by atoms with Crippen molar-refractivity contribution in [1.29, 1.82) is 0 Å². The molecular formula is C41H43N3S. The van der Waals surface area contributed by atoms with Crippen LogP contribution in [0.2, 0.25) is 0 Å². The first-order valence-corrected chi connectivity index (χ1v) is 18.1. The Morgan fingerprint density at radius 3 is 2.67 bits per heavy atom. The van der Waals surface area contributed by atoms with Crippen LogP contribution in [0.3, 0.4) is 0 Å². The van der Waals surface area contributed by atoms with Gasteiger partial charge >= 0.3 is 0 Å². The number of benzene rings is 2. The standard InChI is InChI=1S/C41H43N3S/c1-41(42-23-8-24-43-41)44-37-25-30(29-17-15-28(16-18-29)27-9-3-2-4-10-27)19-21-33(37)34-22-20-31(26-38(34)44)32-12-7-13-36-35-11-5-6-14-39(35)45-40(32)36/h2-5,7,9,11-13,15-17,19-22,26-27,29-30,35,39,42-43H,6,8,10,14,18,23-25H2,1H3. The Balaban J connectivity index is 1.10. The number of hydrogen-bond donors (Lipinski definition) is 2. The van der Waals surface area contributed by atoms with Crippen LogP contribution in [0.15, 0.2) is 108 Å². The molecule has 45 heavy (non-hydrogen) atoms. The van der Waals surface area contributed by atoms with Crippen LogP contribution in [0.1, 0.15) is 61.8 Å². The van der Waals surface area contributed by atoms with Crippen LogP contribution in [-0.4, -0.2) is 22.9 Å². The molecule has 0 radical (unpaired) electrons. The highest BCUT2D eigenvalue weighted by atomic mass is 32.2. The molecule has 0 spiro atoms. The SMILES string of the molecule is CC1(n2c3c(c4ccc(-c5cccc6c5SC5CCC=CC65)cc42)C=CC(C2C=CC(C4C=CC=CC4)=CC2)C3)NCCCN1. The monoisotopic (exact) mass is 609 g/mol. The van der Waals surface area contributed by atoms with Crippen LogP contribution < -0.4 is 10.6 Å². The normalized spacial score (nSPS) is 29.4. The van der Waals surface area contributed by atoms with Crippen molar-refractivity contribution in [3.05, 3.63) is 120 Å². The molecule has 1 fully saturated rings. The van der Waals surface area contributed by atoms with E-state index in [1.807, 2.05) is 0 Å². The Morgan fingerprint density at radius 1 is 0.911 bits per heavy atom. The van der Waals surface area contributed by atoms with E-state index < -0.39 is 0 Å². The first kappa shape index (κ1) is 28.0. The predicted molar refractivity (Wildman–Crippen MR) is 190 cm³/mol. The van der Waals surface area contributed by atoms with Crippen molar-refractivity contribution in [3.8, 4) is 11.1 Å². The Morgan fingerprint density at radius 2 is 1.82 bits per heavy atom. The summed E-state index contributed by atoms with van der Waals surface area (Å²) in [6.07, 6.45) is 33.2. The number of nitrogens with zero attached hydrogens (tertiary/aromatic N) is 1. The van der Waals surface area contributed by atoms with Crippen molar-refractivity contribution in [2.24, 2.45) is 17.8 Å². The number of allylic oxidation sites excluding steroid dienone is 11. The highest BCUT2D eigenvalue weighted by molar-refractivity contribution is 8.00. The maximum absolute atomic E-state index is 3.89. The lowest BCUT2D eigenvalue weighted by atomic mass is 9.77. The molecule has 5 atom stereocenters. The van der Waals surface area contributed by atoms with E-state index in [-0.39, 0.29) is 5.79 Å². The molecule has 5 unspecified atom stereocenters. The quantitative estimate of drug-likeness (QED) is 0.289. The van der Waals surface area contributed by atoms with E-state index in [1.165, 1.54) is 62.2 Å². The Hall–Kier alpha value is -3.31. The first-order valence-electron chi connectivity index (χ1n) is 17.2. The minimum atomic E-state index is -0.318. The molecule has 0 amide bonds. The molecule has 4 aliphatic carbocycles. The van der Waals surface area contributed by atoms with E-state index in [9.17, 15) is 0 Å². The molecule has 2 N–H and O–H groups in total. The molecule has 3 nitrogen and oxygen atoms in total. The van der Waals surface area contributed by atoms with Crippen molar-refractivity contribution in [1.82, 2.24) is 15.2 Å². The minimum Gasteiger partial charge on any atom is -0.313 e. The molecule has 9 rings (SSSR count). The third kappa shape index (κ3) is 4.71. The highest BCUT2D eigenvalue weighted by Gasteiger charge is 2.37. The number of aromatic nitrogens is 1. The van der Waals surface area contributed by atoms with Gasteiger partial charge in [0, 0.05) is 38.6 Å². The average Bonchev–Trinajstić information content (AvgIpc) is 3.64. The zero-order valence-corrected chi connectivity index (χ0v) is 27.0. The van der Waals surface area contributed by atoms with Gasteiger partial charge in [-0.25, -0.2) is 0 Å². The Kier molecular flexibility index (Phi) is 6.95. The Bertz CT molecular complexity index is 1840. The second-order valence-corrected chi connectivity index (χ2v) is 15.2. The molecule has 4 heteroatoms. The van der Waals surface area contributed by atoms with Gasteiger partial charge in [0.1, 0.15) is 5.79 Å². The van der Waals surface area contributed by atoms with E-state index >= 15 is 0 Å². The molecule has 2 aliphatic heterocycles. The van der Waals surface area contributed by atoms with Crippen LogP contribution in [-0.2, 0) is 12.2 Å². The van der Waals surface area contributed by atoms with E-state index in [2.05, 4.69) is 137 Å². The lowest BCUT2D eigenvalue weighted by Crippen LogP contribution is -2.60. The largest absolute Gasteiger partial charge is 0.313 e. The summed E-state index contributed by atoms with van der Waals surface area (Å²) < 4.78 is 2.64. The summed E-state index contributed by atoms with van der Waals surface area (Å²) in [4.78, 5) is 1.50. The first-order chi connectivity index (χ1) is 22.2. The molecule has 3 heterocycles. The molecule has 228 valence electrons. The van der Waals surface area contributed by atoms with E-state index in [0.717, 1.165) is 38.8 Å². The molecule has 0 bridgehead atoms.